The van der Waals surface area contributed by atoms with Crippen LogP contribution in [0.4, 0.5) is 22.0 Å². The highest BCUT2D eigenvalue weighted by atomic mass is 19.4. The second kappa shape index (κ2) is 7.63. The summed E-state index contributed by atoms with van der Waals surface area (Å²) < 4.78 is 68.2. The predicted molar refractivity (Wildman–Crippen MR) is 92.4 cm³/mol. The van der Waals surface area contributed by atoms with Gasteiger partial charge in [0.1, 0.15) is 0 Å². The number of aromatic nitrogens is 3. The number of hydrogen-bond acceptors (Lipinski definition) is 4. The molecule has 10 heteroatoms. The SMILES string of the molecule is NCCCCn1ccc2cc(-c3ncc(C(F)(F)F)cn3)c(F)c(F)c2c1=O. The van der Waals surface area contributed by atoms with Crippen LogP contribution in [0.2, 0.25) is 0 Å². The van der Waals surface area contributed by atoms with Crippen LogP contribution in [0.15, 0.2) is 35.5 Å². The number of benzene rings is 1. The lowest BCUT2D eigenvalue weighted by molar-refractivity contribution is -0.138. The van der Waals surface area contributed by atoms with Crippen LogP contribution in [0, 0.1) is 11.6 Å². The van der Waals surface area contributed by atoms with Crippen molar-refractivity contribution in [2.75, 3.05) is 6.54 Å². The molecule has 0 fully saturated rings. The number of unbranched alkanes of at least 4 members (excludes halogenated alkanes) is 1. The lowest BCUT2D eigenvalue weighted by atomic mass is 10.1. The first-order valence-electron chi connectivity index (χ1n) is 8.35. The molecule has 2 heterocycles. The van der Waals surface area contributed by atoms with E-state index in [0.29, 0.717) is 38.3 Å². The zero-order valence-corrected chi connectivity index (χ0v) is 14.4. The zero-order chi connectivity index (χ0) is 20.5. The molecule has 3 rings (SSSR count). The minimum absolute atomic E-state index is 0.0949. The Kier molecular flexibility index (Phi) is 5.41. The second-order valence-corrected chi connectivity index (χ2v) is 6.12. The lowest BCUT2D eigenvalue weighted by Gasteiger charge is -2.11. The van der Waals surface area contributed by atoms with Crippen molar-refractivity contribution in [1.82, 2.24) is 14.5 Å². The lowest BCUT2D eigenvalue weighted by Crippen LogP contribution is -2.21. The molecule has 0 saturated heterocycles. The molecular formula is C18H15F5N4O. The molecule has 0 spiro atoms. The summed E-state index contributed by atoms with van der Waals surface area (Å²) in [5.74, 6) is -3.21. The predicted octanol–water partition coefficient (Wildman–Crippen LogP) is 3.49. The van der Waals surface area contributed by atoms with Gasteiger partial charge in [0, 0.05) is 25.1 Å². The Labute approximate surface area is 155 Å². The Morgan fingerprint density at radius 3 is 2.36 bits per heavy atom. The Bertz CT molecular complexity index is 1060. The Morgan fingerprint density at radius 2 is 1.75 bits per heavy atom. The molecule has 148 valence electrons. The van der Waals surface area contributed by atoms with E-state index in [4.69, 9.17) is 5.73 Å². The third-order valence-corrected chi connectivity index (χ3v) is 4.22. The van der Waals surface area contributed by atoms with Crippen LogP contribution in [0.5, 0.6) is 0 Å². The first kappa shape index (κ1) is 19.9. The van der Waals surface area contributed by atoms with Gasteiger partial charge in [0.05, 0.1) is 16.5 Å². The van der Waals surface area contributed by atoms with Crippen LogP contribution in [-0.4, -0.2) is 21.1 Å². The van der Waals surface area contributed by atoms with E-state index in [2.05, 4.69) is 9.97 Å². The van der Waals surface area contributed by atoms with Crippen molar-refractivity contribution in [3.8, 4) is 11.4 Å². The molecule has 0 amide bonds. The molecule has 0 atom stereocenters. The summed E-state index contributed by atoms with van der Waals surface area (Å²) >= 11 is 0. The van der Waals surface area contributed by atoms with Crippen molar-refractivity contribution in [3.63, 3.8) is 0 Å². The van der Waals surface area contributed by atoms with E-state index in [0.717, 1.165) is 6.07 Å². The number of nitrogens with zero attached hydrogens (tertiary/aromatic N) is 3. The van der Waals surface area contributed by atoms with Gasteiger partial charge in [-0.2, -0.15) is 13.2 Å². The Balaban J connectivity index is 2.08. The van der Waals surface area contributed by atoms with Gasteiger partial charge in [0.25, 0.3) is 5.56 Å². The number of alkyl halides is 3. The molecule has 1 aromatic carbocycles. The smallest absolute Gasteiger partial charge is 0.330 e. The van der Waals surface area contributed by atoms with Crippen LogP contribution in [0.3, 0.4) is 0 Å². The average molecular weight is 398 g/mol. The Morgan fingerprint density at radius 1 is 1.07 bits per heavy atom. The summed E-state index contributed by atoms with van der Waals surface area (Å²) in [6.45, 7) is 0.749. The molecule has 2 aromatic heterocycles. The summed E-state index contributed by atoms with van der Waals surface area (Å²) in [5.41, 5.74) is 3.15. The molecule has 0 aliphatic carbocycles. The number of fused-ring (bicyclic) bond motifs is 1. The quantitative estimate of drug-likeness (QED) is 0.528. The van der Waals surface area contributed by atoms with Crippen molar-refractivity contribution >= 4 is 10.8 Å². The van der Waals surface area contributed by atoms with Crippen LogP contribution in [-0.2, 0) is 12.7 Å². The first-order chi connectivity index (χ1) is 13.2. The largest absolute Gasteiger partial charge is 0.419 e. The van der Waals surface area contributed by atoms with Crippen LogP contribution in [0.1, 0.15) is 18.4 Å². The van der Waals surface area contributed by atoms with E-state index in [1.54, 1.807) is 0 Å². The third kappa shape index (κ3) is 3.72. The maximum atomic E-state index is 14.6. The summed E-state index contributed by atoms with van der Waals surface area (Å²) in [7, 11) is 0. The van der Waals surface area contributed by atoms with Gasteiger partial charge in [0.15, 0.2) is 17.5 Å². The standard InChI is InChI=1S/C18H15F5N4O/c19-14-12(16-25-8-11(9-26-16)18(21,22)23)7-10-3-6-27(5-2-1-4-24)17(28)13(10)15(14)20/h3,6-9H,1-2,4-5,24H2. The van der Waals surface area contributed by atoms with E-state index in [-0.39, 0.29) is 5.39 Å². The summed E-state index contributed by atoms with van der Waals surface area (Å²) in [5, 5.41) is -0.346. The number of halogens is 5. The summed E-state index contributed by atoms with van der Waals surface area (Å²) in [4.78, 5) is 19.4. The van der Waals surface area contributed by atoms with Crippen molar-refractivity contribution in [2.45, 2.75) is 25.6 Å². The molecular weight excluding hydrogens is 383 g/mol. The monoisotopic (exact) mass is 398 g/mol. The fraction of sp³-hybridized carbons (Fsp3) is 0.278. The van der Waals surface area contributed by atoms with E-state index in [1.165, 1.54) is 16.8 Å². The van der Waals surface area contributed by atoms with Gasteiger partial charge in [-0.1, -0.05) is 0 Å². The van der Waals surface area contributed by atoms with Crippen LogP contribution >= 0.6 is 0 Å². The second-order valence-electron chi connectivity index (χ2n) is 6.12. The molecule has 5 nitrogen and oxygen atoms in total. The summed E-state index contributed by atoms with van der Waals surface area (Å²) in [6.07, 6.45) is -0.968. The topological polar surface area (TPSA) is 73.8 Å². The fourth-order valence-electron chi connectivity index (χ4n) is 2.75. The maximum absolute atomic E-state index is 14.6. The molecule has 0 aliphatic heterocycles. The van der Waals surface area contributed by atoms with E-state index in [9.17, 15) is 26.7 Å². The van der Waals surface area contributed by atoms with Gasteiger partial charge in [-0.25, -0.2) is 18.7 Å². The van der Waals surface area contributed by atoms with Gasteiger partial charge in [-0.05, 0) is 36.9 Å². The van der Waals surface area contributed by atoms with Crippen molar-refractivity contribution in [2.24, 2.45) is 5.73 Å². The molecule has 3 aromatic rings. The van der Waals surface area contributed by atoms with Gasteiger partial charge in [0.2, 0.25) is 0 Å². The maximum Gasteiger partial charge on any atom is 0.419 e. The van der Waals surface area contributed by atoms with Crippen molar-refractivity contribution in [3.05, 3.63) is 58.3 Å². The highest BCUT2D eigenvalue weighted by Gasteiger charge is 2.31. The van der Waals surface area contributed by atoms with Crippen molar-refractivity contribution in [1.29, 1.82) is 0 Å². The van der Waals surface area contributed by atoms with Gasteiger partial charge >= 0.3 is 6.18 Å². The number of rotatable bonds is 5. The Hall–Kier alpha value is -2.88. The van der Waals surface area contributed by atoms with E-state index < -0.39 is 45.7 Å². The summed E-state index contributed by atoms with van der Waals surface area (Å²) in [6, 6.07) is 2.57. The molecule has 28 heavy (non-hydrogen) atoms. The van der Waals surface area contributed by atoms with E-state index >= 15 is 0 Å². The molecule has 0 saturated carbocycles. The number of pyridine rings is 1. The first-order valence-corrected chi connectivity index (χ1v) is 8.35. The highest BCUT2D eigenvalue weighted by molar-refractivity contribution is 5.86. The number of hydrogen-bond donors (Lipinski definition) is 1. The molecule has 0 bridgehead atoms. The number of nitrogens with two attached hydrogens (primary N) is 1. The fourth-order valence-corrected chi connectivity index (χ4v) is 2.75. The van der Waals surface area contributed by atoms with Gasteiger partial charge in [-0.3, -0.25) is 4.79 Å². The van der Waals surface area contributed by atoms with Crippen LogP contribution in [0.25, 0.3) is 22.2 Å². The molecule has 2 N–H and O–H groups in total. The van der Waals surface area contributed by atoms with E-state index in [1.807, 2.05) is 0 Å². The van der Waals surface area contributed by atoms with Crippen LogP contribution < -0.4 is 11.3 Å². The van der Waals surface area contributed by atoms with Gasteiger partial charge < -0.3 is 10.3 Å². The van der Waals surface area contributed by atoms with Gasteiger partial charge in [-0.15, -0.1) is 0 Å². The molecule has 0 unspecified atom stereocenters. The average Bonchev–Trinajstić information content (AvgIpc) is 2.65. The normalized spacial score (nSPS) is 11.9. The minimum atomic E-state index is -4.65. The third-order valence-electron chi connectivity index (χ3n) is 4.22. The molecule has 0 radical (unpaired) electrons. The molecule has 0 aliphatic rings. The van der Waals surface area contributed by atoms with Crippen molar-refractivity contribution < 1.29 is 22.0 Å². The minimum Gasteiger partial charge on any atom is -0.330 e. The zero-order valence-electron chi connectivity index (χ0n) is 14.4. The number of aryl methyl sites for hydroxylation is 1. The highest BCUT2D eigenvalue weighted by Crippen LogP contribution is 2.30.